The molecule has 38 heavy (non-hydrogen) atoms. The summed E-state index contributed by atoms with van der Waals surface area (Å²) in [6.07, 6.45) is 0.835. The van der Waals surface area contributed by atoms with E-state index in [0.717, 1.165) is 43.8 Å². The normalized spacial score (nSPS) is 23.7. The Morgan fingerprint density at radius 2 is 1.74 bits per heavy atom. The standard InChI is InChI=1S/C26H42N6O6/c1-7-37-23(33)27-22-20-16-31(26(5,6)21(20)32(28-22)25(35)38-8-2)24(34)30-14-17(3)29(13-18(30)4)15-19-9-11-36-12-10-19/h17-19H,7-16H2,1-6H3,(H,27,28,33)/t17-,18+/m1/s1. The first kappa shape index (κ1) is 28.2. The molecule has 0 aliphatic carbocycles. The van der Waals surface area contributed by atoms with Crippen LogP contribution in [0.3, 0.4) is 0 Å². The van der Waals surface area contributed by atoms with Crippen molar-refractivity contribution in [1.29, 1.82) is 0 Å². The van der Waals surface area contributed by atoms with Crippen LogP contribution in [0.5, 0.6) is 0 Å². The molecule has 0 aromatic carbocycles. The Labute approximate surface area is 224 Å². The summed E-state index contributed by atoms with van der Waals surface area (Å²) >= 11 is 0. The molecule has 12 heteroatoms. The first-order valence-corrected chi connectivity index (χ1v) is 13.7. The molecule has 0 spiro atoms. The number of hydrogen-bond acceptors (Lipinski definition) is 8. The van der Waals surface area contributed by atoms with Gasteiger partial charge in [0, 0.05) is 50.5 Å². The highest BCUT2D eigenvalue weighted by Crippen LogP contribution is 2.43. The number of carbonyl (C=O) groups excluding carboxylic acids is 3. The molecule has 212 valence electrons. The summed E-state index contributed by atoms with van der Waals surface area (Å²) in [5, 5.41) is 6.96. The second kappa shape index (κ2) is 11.5. The number of carbonyl (C=O) groups is 3. The molecule has 1 aromatic heterocycles. The number of rotatable bonds is 5. The number of amides is 3. The fourth-order valence-corrected chi connectivity index (χ4v) is 5.83. The number of aromatic nitrogens is 2. The van der Waals surface area contributed by atoms with Gasteiger partial charge >= 0.3 is 18.2 Å². The van der Waals surface area contributed by atoms with Crippen LogP contribution in [0.4, 0.5) is 20.2 Å². The fraction of sp³-hybridized carbons (Fsp3) is 0.769. The summed E-state index contributed by atoms with van der Waals surface area (Å²) in [5.74, 6) is 0.821. The van der Waals surface area contributed by atoms with E-state index in [2.05, 4.69) is 29.2 Å². The van der Waals surface area contributed by atoms with Crippen molar-refractivity contribution in [1.82, 2.24) is 24.5 Å². The monoisotopic (exact) mass is 534 g/mol. The third-order valence-electron chi connectivity index (χ3n) is 7.92. The Morgan fingerprint density at radius 1 is 1.05 bits per heavy atom. The number of piperazine rings is 1. The van der Waals surface area contributed by atoms with Gasteiger partial charge in [0.1, 0.15) is 0 Å². The molecule has 0 unspecified atom stereocenters. The number of urea groups is 1. The summed E-state index contributed by atoms with van der Waals surface area (Å²) in [6.45, 7) is 16.1. The third kappa shape index (κ3) is 5.47. The highest BCUT2D eigenvalue weighted by molar-refractivity contribution is 5.87. The summed E-state index contributed by atoms with van der Waals surface area (Å²) in [6, 6.07) is 0.146. The molecule has 1 aromatic rings. The van der Waals surface area contributed by atoms with Gasteiger partial charge in [-0.05, 0) is 60.3 Å². The molecule has 3 amide bonds. The van der Waals surface area contributed by atoms with E-state index in [9.17, 15) is 14.4 Å². The van der Waals surface area contributed by atoms with E-state index in [-0.39, 0.29) is 43.7 Å². The van der Waals surface area contributed by atoms with E-state index < -0.39 is 17.7 Å². The molecule has 4 heterocycles. The molecule has 0 saturated carbocycles. The topological polar surface area (TPSA) is 118 Å². The zero-order valence-electron chi connectivity index (χ0n) is 23.5. The molecule has 12 nitrogen and oxygen atoms in total. The lowest BCUT2D eigenvalue weighted by Gasteiger charge is -2.47. The van der Waals surface area contributed by atoms with Gasteiger partial charge in [0.05, 0.1) is 31.0 Å². The number of anilines is 1. The van der Waals surface area contributed by atoms with Gasteiger partial charge in [-0.25, -0.2) is 14.4 Å². The van der Waals surface area contributed by atoms with Gasteiger partial charge in [0.2, 0.25) is 0 Å². The van der Waals surface area contributed by atoms with Gasteiger partial charge in [0.15, 0.2) is 5.82 Å². The van der Waals surface area contributed by atoms with Crippen molar-refractivity contribution < 1.29 is 28.6 Å². The van der Waals surface area contributed by atoms with Crippen LogP contribution in [-0.2, 0) is 26.3 Å². The first-order chi connectivity index (χ1) is 18.1. The molecule has 0 radical (unpaired) electrons. The minimum absolute atomic E-state index is 0.0248. The Balaban J connectivity index is 1.54. The number of hydrogen-bond donors (Lipinski definition) is 1. The van der Waals surface area contributed by atoms with Gasteiger partial charge in [-0.1, -0.05) is 0 Å². The summed E-state index contributed by atoms with van der Waals surface area (Å²) in [4.78, 5) is 45.2. The summed E-state index contributed by atoms with van der Waals surface area (Å²) < 4.78 is 16.9. The highest BCUT2D eigenvalue weighted by Gasteiger charge is 2.49. The van der Waals surface area contributed by atoms with Crippen molar-refractivity contribution in [2.45, 2.75) is 78.6 Å². The van der Waals surface area contributed by atoms with Gasteiger partial charge in [-0.3, -0.25) is 10.2 Å². The Hall–Kier alpha value is -2.86. The van der Waals surface area contributed by atoms with E-state index in [1.807, 2.05) is 18.7 Å². The average molecular weight is 535 g/mol. The van der Waals surface area contributed by atoms with E-state index in [0.29, 0.717) is 23.7 Å². The van der Waals surface area contributed by atoms with E-state index >= 15 is 0 Å². The van der Waals surface area contributed by atoms with Gasteiger partial charge in [0.25, 0.3) is 0 Å². The molecule has 2 fully saturated rings. The maximum absolute atomic E-state index is 14.0. The Kier molecular flexibility index (Phi) is 8.51. The molecule has 0 bridgehead atoms. The van der Waals surface area contributed by atoms with Crippen LogP contribution in [0.1, 0.15) is 65.6 Å². The van der Waals surface area contributed by atoms with Crippen LogP contribution >= 0.6 is 0 Å². The smallest absolute Gasteiger partial charge is 0.435 e. The van der Waals surface area contributed by atoms with Crippen LogP contribution in [0.25, 0.3) is 0 Å². The molecule has 2 atom stereocenters. The average Bonchev–Trinajstić information content (AvgIpc) is 3.36. The summed E-state index contributed by atoms with van der Waals surface area (Å²) in [7, 11) is 0. The molecule has 4 rings (SSSR count). The van der Waals surface area contributed by atoms with Crippen molar-refractivity contribution in [2.75, 3.05) is 51.4 Å². The molecule has 1 N–H and O–H groups in total. The van der Waals surface area contributed by atoms with Gasteiger partial charge < -0.3 is 24.0 Å². The van der Waals surface area contributed by atoms with Crippen molar-refractivity contribution in [2.24, 2.45) is 5.92 Å². The number of nitrogens with zero attached hydrogens (tertiary/aromatic N) is 5. The van der Waals surface area contributed by atoms with E-state index in [4.69, 9.17) is 14.2 Å². The lowest BCUT2D eigenvalue weighted by molar-refractivity contribution is 0.00860. The maximum atomic E-state index is 14.0. The number of nitrogens with one attached hydrogen (secondary N) is 1. The lowest BCUT2D eigenvalue weighted by Crippen LogP contribution is -2.62. The SMILES string of the molecule is CCOC(=O)Nc1nn(C(=O)OCC)c2c1CN(C(=O)N1C[C@@H](C)N(CC3CCOCC3)C[C@@H]1C)C2(C)C. The van der Waals surface area contributed by atoms with Crippen LogP contribution < -0.4 is 5.32 Å². The summed E-state index contributed by atoms with van der Waals surface area (Å²) in [5.41, 5.74) is 0.251. The predicted molar refractivity (Wildman–Crippen MR) is 140 cm³/mol. The second-order valence-electron chi connectivity index (χ2n) is 10.9. The zero-order valence-corrected chi connectivity index (χ0v) is 23.5. The van der Waals surface area contributed by atoms with Crippen LogP contribution in [0.15, 0.2) is 0 Å². The lowest BCUT2D eigenvalue weighted by atomic mass is 9.97. The fourth-order valence-electron chi connectivity index (χ4n) is 5.83. The van der Waals surface area contributed by atoms with Crippen LogP contribution in [0, 0.1) is 5.92 Å². The largest absolute Gasteiger partial charge is 0.450 e. The Morgan fingerprint density at radius 3 is 2.39 bits per heavy atom. The third-order valence-corrected chi connectivity index (χ3v) is 7.92. The molecule has 3 aliphatic rings. The minimum Gasteiger partial charge on any atom is -0.450 e. The first-order valence-electron chi connectivity index (χ1n) is 13.7. The van der Waals surface area contributed by atoms with Crippen LogP contribution in [0.2, 0.25) is 0 Å². The molecular formula is C26H42N6O6. The highest BCUT2D eigenvalue weighted by atomic mass is 16.6. The van der Waals surface area contributed by atoms with Crippen molar-refractivity contribution >= 4 is 24.0 Å². The van der Waals surface area contributed by atoms with Gasteiger partial charge in [-0.2, -0.15) is 4.68 Å². The minimum atomic E-state index is -0.872. The van der Waals surface area contributed by atoms with Crippen LogP contribution in [-0.4, -0.2) is 101 Å². The molecule has 2 saturated heterocycles. The Bertz CT molecular complexity index is 1040. The number of ether oxygens (including phenoxy) is 3. The quantitative estimate of drug-likeness (QED) is 0.610. The van der Waals surface area contributed by atoms with Crippen molar-refractivity contribution in [3.05, 3.63) is 11.3 Å². The van der Waals surface area contributed by atoms with Crippen molar-refractivity contribution in [3.8, 4) is 0 Å². The molecular weight excluding hydrogens is 492 g/mol. The predicted octanol–water partition coefficient (Wildman–Crippen LogP) is 3.45. The van der Waals surface area contributed by atoms with Gasteiger partial charge in [-0.15, -0.1) is 5.10 Å². The van der Waals surface area contributed by atoms with E-state index in [1.165, 1.54) is 0 Å². The molecule has 3 aliphatic heterocycles. The maximum Gasteiger partial charge on any atom is 0.435 e. The van der Waals surface area contributed by atoms with Crippen molar-refractivity contribution in [3.63, 3.8) is 0 Å². The zero-order chi connectivity index (χ0) is 27.6. The number of fused-ring (bicyclic) bond motifs is 1. The van der Waals surface area contributed by atoms with E-state index in [1.54, 1.807) is 18.7 Å². The second-order valence-corrected chi connectivity index (χ2v) is 10.9.